The quantitative estimate of drug-likeness (QED) is 0.930. The minimum Gasteiger partial charge on any atom is -0.450 e. The van der Waals surface area contributed by atoms with E-state index < -0.39 is 6.09 Å². The van der Waals surface area contributed by atoms with Crippen LogP contribution < -0.4 is 10.2 Å². The third-order valence-electron chi connectivity index (χ3n) is 4.11. The van der Waals surface area contributed by atoms with Crippen LogP contribution in [0.2, 0.25) is 0 Å². The van der Waals surface area contributed by atoms with Crippen molar-refractivity contribution >= 4 is 17.7 Å². The van der Waals surface area contributed by atoms with Gasteiger partial charge in [0.05, 0.1) is 18.8 Å². The van der Waals surface area contributed by atoms with Crippen LogP contribution in [0.3, 0.4) is 0 Å². The first kappa shape index (κ1) is 17.0. The lowest BCUT2D eigenvalue weighted by Crippen LogP contribution is -2.35. The van der Waals surface area contributed by atoms with Crippen LogP contribution in [0.15, 0.2) is 42.6 Å². The maximum atomic E-state index is 12.9. The monoisotopic (exact) mass is 339 g/mol. The summed E-state index contributed by atoms with van der Waals surface area (Å²) in [5.74, 6) is -0.0491. The molecule has 3 rings (SSSR count). The number of alkyl carbamates (subject to hydrolysis) is 1. The molecule has 25 heavy (non-hydrogen) atoms. The maximum absolute atomic E-state index is 12.9. The molecule has 0 atom stereocenters. The molecule has 0 fully saturated rings. The van der Waals surface area contributed by atoms with Crippen LogP contribution in [0.5, 0.6) is 0 Å². The van der Waals surface area contributed by atoms with Gasteiger partial charge in [0.1, 0.15) is 0 Å². The lowest BCUT2D eigenvalue weighted by Gasteiger charge is -2.29. The van der Waals surface area contributed by atoms with E-state index in [4.69, 9.17) is 4.74 Å². The van der Waals surface area contributed by atoms with Crippen LogP contribution in [0.1, 0.15) is 35.0 Å². The second-order valence-electron chi connectivity index (χ2n) is 5.80. The average Bonchev–Trinajstić information content (AvgIpc) is 2.66. The molecular weight excluding hydrogens is 318 g/mol. The molecule has 0 saturated heterocycles. The average molecular weight is 339 g/mol. The number of nitrogens with one attached hydrogen (secondary N) is 1. The highest BCUT2D eigenvalue weighted by Gasteiger charge is 2.23. The van der Waals surface area contributed by atoms with Crippen LogP contribution in [-0.4, -0.2) is 30.1 Å². The van der Waals surface area contributed by atoms with E-state index in [1.54, 1.807) is 25.3 Å². The number of rotatable bonds is 4. The Bertz CT molecular complexity index is 776. The number of amides is 2. The molecule has 0 saturated carbocycles. The highest BCUT2D eigenvalue weighted by Crippen LogP contribution is 2.28. The van der Waals surface area contributed by atoms with Gasteiger partial charge in [-0.05, 0) is 43.5 Å². The first-order valence-electron chi connectivity index (χ1n) is 8.44. The van der Waals surface area contributed by atoms with Gasteiger partial charge in [-0.15, -0.1) is 0 Å². The molecule has 0 bridgehead atoms. The number of nitrogens with zero attached hydrogens (tertiary/aromatic N) is 2. The molecule has 1 aliphatic rings. The van der Waals surface area contributed by atoms with Crippen LogP contribution in [0.4, 0.5) is 10.5 Å². The Morgan fingerprint density at radius 1 is 1.28 bits per heavy atom. The number of carbonyl (C=O) groups excluding carboxylic acids is 2. The van der Waals surface area contributed by atoms with Crippen molar-refractivity contribution < 1.29 is 14.3 Å². The Labute approximate surface area is 146 Å². The van der Waals surface area contributed by atoms with Gasteiger partial charge in [-0.3, -0.25) is 9.78 Å². The maximum Gasteiger partial charge on any atom is 0.407 e. The number of aryl methyl sites for hydroxylation is 1. The van der Waals surface area contributed by atoms with Crippen molar-refractivity contribution in [1.82, 2.24) is 10.3 Å². The number of fused-ring (bicyclic) bond motifs is 1. The molecule has 130 valence electrons. The molecule has 2 aromatic rings. The van der Waals surface area contributed by atoms with E-state index in [-0.39, 0.29) is 12.5 Å². The fourth-order valence-electron chi connectivity index (χ4n) is 2.95. The highest BCUT2D eigenvalue weighted by atomic mass is 16.5. The van der Waals surface area contributed by atoms with Gasteiger partial charge < -0.3 is 15.0 Å². The SMILES string of the molecule is CCOC(=O)NCc1cc(C(=O)N2CCCc3ccccc32)ccn1. The van der Waals surface area contributed by atoms with Crippen molar-refractivity contribution in [3.8, 4) is 0 Å². The second-order valence-corrected chi connectivity index (χ2v) is 5.80. The number of ether oxygens (including phenoxy) is 1. The van der Waals surface area contributed by atoms with Gasteiger partial charge in [-0.2, -0.15) is 0 Å². The third kappa shape index (κ3) is 3.96. The van der Waals surface area contributed by atoms with Gasteiger partial charge in [0, 0.05) is 24.0 Å². The summed E-state index contributed by atoms with van der Waals surface area (Å²) in [4.78, 5) is 30.3. The van der Waals surface area contributed by atoms with Crippen molar-refractivity contribution in [3.63, 3.8) is 0 Å². The first-order valence-corrected chi connectivity index (χ1v) is 8.44. The Morgan fingerprint density at radius 3 is 2.96 bits per heavy atom. The molecular formula is C19H21N3O3. The second kappa shape index (κ2) is 7.79. The summed E-state index contributed by atoms with van der Waals surface area (Å²) >= 11 is 0. The molecule has 2 amide bonds. The van der Waals surface area contributed by atoms with E-state index >= 15 is 0 Å². The number of hydrogen-bond donors (Lipinski definition) is 1. The molecule has 1 aromatic heterocycles. The Balaban J connectivity index is 1.75. The van der Waals surface area contributed by atoms with Crippen LogP contribution in [0.25, 0.3) is 0 Å². The van der Waals surface area contributed by atoms with Crippen LogP contribution in [-0.2, 0) is 17.7 Å². The van der Waals surface area contributed by atoms with Gasteiger partial charge >= 0.3 is 6.09 Å². The van der Waals surface area contributed by atoms with Crippen LogP contribution >= 0.6 is 0 Å². The van der Waals surface area contributed by atoms with E-state index in [9.17, 15) is 9.59 Å². The number of anilines is 1. The molecule has 1 N–H and O–H groups in total. The predicted octanol–water partition coefficient (Wildman–Crippen LogP) is 2.92. The molecule has 1 aromatic carbocycles. The first-order chi connectivity index (χ1) is 12.2. The normalized spacial score (nSPS) is 13.1. The minimum absolute atomic E-state index is 0.0491. The number of aromatic nitrogens is 1. The molecule has 0 spiro atoms. The van der Waals surface area contributed by atoms with Gasteiger partial charge in [0.2, 0.25) is 0 Å². The summed E-state index contributed by atoms with van der Waals surface area (Å²) in [6.45, 7) is 2.98. The Hall–Kier alpha value is -2.89. The fourth-order valence-corrected chi connectivity index (χ4v) is 2.95. The largest absolute Gasteiger partial charge is 0.450 e. The zero-order chi connectivity index (χ0) is 17.6. The third-order valence-corrected chi connectivity index (χ3v) is 4.11. The van der Waals surface area contributed by atoms with Crippen molar-refractivity contribution in [3.05, 3.63) is 59.4 Å². The van der Waals surface area contributed by atoms with E-state index in [1.807, 2.05) is 23.1 Å². The van der Waals surface area contributed by atoms with E-state index in [0.717, 1.165) is 18.5 Å². The number of hydrogen-bond acceptors (Lipinski definition) is 4. The zero-order valence-electron chi connectivity index (χ0n) is 14.2. The van der Waals surface area contributed by atoms with Crippen molar-refractivity contribution in [2.45, 2.75) is 26.3 Å². The zero-order valence-corrected chi connectivity index (χ0v) is 14.2. The Morgan fingerprint density at radius 2 is 2.12 bits per heavy atom. The summed E-state index contributed by atoms with van der Waals surface area (Å²) in [5.41, 5.74) is 3.35. The summed E-state index contributed by atoms with van der Waals surface area (Å²) in [6.07, 6.45) is 3.03. The van der Waals surface area contributed by atoms with Gasteiger partial charge in [0.25, 0.3) is 5.91 Å². The summed E-state index contributed by atoms with van der Waals surface area (Å²) in [7, 11) is 0. The van der Waals surface area contributed by atoms with E-state index in [0.29, 0.717) is 24.4 Å². The smallest absolute Gasteiger partial charge is 0.407 e. The van der Waals surface area contributed by atoms with E-state index in [2.05, 4.69) is 16.4 Å². The molecule has 1 aliphatic heterocycles. The molecule has 6 heteroatoms. The molecule has 0 radical (unpaired) electrons. The van der Waals surface area contributed by atoms with Gasteiger partial charge in [-0.25, -0.2) is 4.79 Å². The van der Waals surface area contributed by atoms with Crippen molar-refractivity contribution in [2.75, 3.05) is 18.1 Å². The number of benzene rings is 1. The molecule has 0 unspecified atom stereocenters. The minimum atomic E-state index is -0.494. The fraction of sp³-hybridized carbons (Fsp3) is 0.316. The topological polar surface area (TPSA) is 71.5 Å². The van der Waals surface area contributed by atoms with Crippen LogP contribution in [0, 0.1) is 0 Å². The molecule has 0 aliphatic carbocycles. The summed E-state index contributed by atoms with van der Waals surface area (Å²) in [6, 6.07) is 11.4. The van der Waals surface area contributed by atoms with Crippen molar-refractivity contribution in [1.29, 1.82) is 0 Å². The van der Waals surface area contributed by atoms with Gasteiger partial charge in [0.15, 0.2) is 0 Å². The molecule has 2 heterocycles. The standard InChI is InChI=1S/C19H21N3O3/c1-2-25-19(24)21-13-16-12-15(9-10-20-16)18(23)22-11-5-7-14-6-3-4-8-17(14)22/h3-4,6,8-10,12H,2,5,7,11,13H2,1H3,(H,21,24). The van der Waals surface area contributed by atoms with Gasteiger partial charge in [-0.1, -0.05) is 18.2 Å². The lowest BCUT2D eigenvalue weighted by atomic mass is 10.0. The summed E-state index contributed by atoms with van der Waals surface area (Å²) in [5, 5.41) is 2.61. The summed E-state index contributed by atoms with van der Waals surface area (Å²) < 4.78 is 4.82. The Kier molecular flexibility index (Phi) is 5.28. The number of pyridine rings is 1. The lowest BCUT2D eigenvalue weighted by molar-refractivity contribution is 0.0985. The number of carbonyl (C=O) groups is 2. The number of para-hydroxylation sites is 1. The van der Waals surface area contributed by atoms with Crippen molar-refractivity contribution in [2.24, 2.45) is 0 Å². The predicted molar refractivity (Wildman–Crippen MR) is 94.5 cm³/mol. The molecule has 6 nitrogen and oxygen atoms in total. The van der Waals surface area contributed by atoms with E-state index in [1.165, 1.54) is 5.56 Å². The highest BCUT2D eigenvalue weighted by molar-refractivity contribution is 6.06.